The van der Waals surface area contributed by atoms with Crippen molar-refractivity contribution < 1.29 is 9.59 Å². The molecule has 2 aromatic rings. The van der Waals surface area contributed by atoms with Crippen molar-refractivity contribution >= 4 is 40.1 Å². The van der Waals surface area contributed by atoms with Crippen molar-refractivity contribution in [1.82, 2.24) is 5.32 Å². The van der Waals surface area contributed by atoms with E-state index < -0.39 is 0 Å². The summed E-state index contributed by atoms with van der Waals surface area (Å²) in [7, 11) is 0. The van der Waals surface area contributed by atoms with E-state index in [1.807, 2.05) is 56.3 Å². The normalized spacial score (nSPS) is 10.4. The summed E-state index contributed by atoms with van der Waals surface area (Å²) < 4.78 is 1.03. The molecule has 5 heteroatoms. The molecule has 0 heterocycles. The van der Waals surface area contributed by atoms with Gasteiger partial charge in [-0.2, -0.15) is 0 Å². The van der Waals surface area contributed by atoms with Crippen LogP contribution in [0.15, 0.2) is 48.5 Å². The van der Waals surface area contributed by atoms with Gasteiger partial charge in [0.25, 0.3) is 5.91 Å². The predicted molar refractivity (Wildman–Crippen MR) is 100 cm³/mol. The number of carbonyl (C=O) groups excluding carboxylic acids is 2. The number of benzene rings is 2. The van der Waals surface area contributed by atoms with Gasteiger partial charge in [-0.3, -0.25) is 9.59 Å². The molecule has 2 rings (SSSR count). The number of nitrogens with one attached hydrogen (secondary N) is 2. The lowest BCUT2D eigenvalue weighted by atomic mass is 10.1. The highest BCUT2D eigenvalue weighted by atomic mass is 127. The number of rotatable bonds is 5. The Morgan fingerprint density at radius 3 is 2.39 bits per heavy atom. The van der Waals surface area contributed by atoms with Crippen LogP contribution >= 0.6 is 22.6 Å². The molecule has 120 valence electrons. The predicted octanol–water partition coefficient (Wildman–Crippen LogP) is 3.82. The number of halogens is 1. The fourth-order valence-electron chi connectivity index (χ4n) is 1.91. The van der Waals surface area contributed by atoms with E-state index in [-0.39, 0.29) is 17.7 Å². The molecule has 0 aliphatic rings. The first-order valence-electron chi connectivity index (χ1n) is 7.39. The molecule has 4 nitrogen and oxygen atoms in total. The lowest BCUT2D eigenvalue weighted by Gasteiger charge is -2.09. The van der Waals surface area contributed by atoms with Gasteiger partial charge in [0.1, 0.15) is 0 Å². The summed E-state index contributed by atoms with van der Waals surface area (Å²) in [5.41, 5.74) is 2.39. The van der Waals surface area contributed by atoms with Gasteiger partial charge in [0.05, 0.1) is 0 Å². The maximum Gasteiger partial charge on any atom is 0.251 e. The number of hydrogen-bond acceptors (Lipinski definition) is 2. The van der Waals surface area contributed by atoms with Crippen LogP contribution in [0.4, 0.5) is 5.69 Å². The first-order chi connectivity index (χ1) is 11.0. The van der Waals surface area contributed by atoms with Crippen LogP contribution in [0.25, 0.3) is 0 Å². The SMILES string of the molecule is CC(C)C(=O)Nc1ccc(CNC(=O)c2cccc(I)c2)cc1. The van der Waals surface area contributed by atoms with Crippen LogP contribution in [-0.4, -0.2) is 11.8 Å². The van der Waals surface area contributed by atoms with E-state index in [0.717, 1.165) is 14.8 Å². The van der Waals surface area contributed by atoms with Gasteiger partial charge in [-0.15, -0.1) is 0 Å². The molecule has 0 spiro atoms. The van der Waals surface area contributed by atoms with Gasteiger partial charge in [-0.25, -0.2) is 0 Å². The zero-order chi connectivity index (χ0) is 16.8. The van der Waals surface area contributed by atoms with E-state index in [2.05, 4.69) is 33.2 Å². The van der Waals surface area contributed by atoms with Crippen LogP contribution in [0.1, 0.15) is 29.8 Å². The van der Waals surface area contributed by atoms with E-state index in [9.17, 15) is 9.59 Å². The van der Waals surface area contributed by atoms with Crippen LogP contribution in [0, 0.1) is 9.49 Å². The summed E-state index contributed by atoms with van der Waals surface area (Å²) in [5, 5.41) is 5.73. The minimum Gasteiger partial charge on any atom is -0.348 e. The standard InChI is InChI=1S/C18H19IN2O2/c1-12(2)17(22)21-16-8-6-13(7-9-16)11-20-18(23)14-4-3-5-15(19)10-14/h3-10,12H,11H2,1-2H3,(H,20,23)(H,21,22). The maximum atomic E-state index is 12.1. The topological polar surface area (TPSA) is 58.2 Å². The Kier molecular flexibility index (Phi) is 6.15. The van der Waals surface area contributed by atoms with Gasteiger partial charge in [0.2, 0.25) is 5.91 Å². The highest BCUT2D eigenvalue weighted by Gasteiger charge is 2.08. The monoisotopic (exact) mass is 422 g/mol. The molecule has 2 amide bonds. The highest BCUT2D eigenvalue weighted by Crippen LogP contribution is 2.12. The Morgan fingerprint density at radius 2 is 1.78 bits per heavy atom. The van der Waals surface area contributed by atoms with Crippen molar-refractivity contribution in [2.75, 3.05) is 5.32 Å². The second-order valence-electron chi connectivity index (χ2n) is 5.53. The number of anilines is 1. The molecule has 0 aliphatic carbocycles. The van der Waals surface area contributed by atoms with Crippen LogP contribution in [0.5, 0.6) is 0 Å². The summed E-state index contributed by atoms with van der Waals surface area (Å²) in [6.07, 6.45) is 0. The first-order valence-corrected chi connectivity index (χ1v) is 8.47. The van der Waals surface area contributed by atoms with Crippen molar-refractivity contribution in [3.05, 3.63) is 63.2 Å². The lowest BCUT2D eigenvalue weighted by Crippen LogP contribution is -2.22. The van der Waals surface area contributed by atoms with Crippen molar-refractivity contribution in [3.63, 3.8) is 0 Å². The van der Waals surface area contributed by atoms with Crippen LogP contribution < -0.4 is 10.6 Å². The Hall–Kier alpha value is -1.89. The fraction of sp³-hybridized carbons (Fsp3) is 0.222. The zero-order valence-corrected chi connectivity index (χ0v) is 15.3. The molecular formula is C18H19IN2O2. The largest absolute Gasteiger partial charge is 0.348 e. The Morgan fingerprint density at radius 1 is 1.09 bits per heavy atom. The molecule has 23 heavy (non-hydrogen) atoms. The number of amides is 2. The van der Waals surface area contributed by atoms with Gasteiger partial charge in [-0.05, 0) is 58.5 Å². The van der Waals surface area contributed by atoms with E-state index in [1.165, 1.54) is 0 Å². The molecular weight excluding hydrogens is 403 g/mol. The molecule has 0 fully saturated rings. The van der Waals surface area contributed by atoms with Crippen molar-refractivity contribution in [2.45, 2.75) is 20.4 Å². The number of hydrogen-bond donors (Lipinski definition) is 2. The third-order valence-electron chi connectivity index (χ3n) is 3.29. The van der Waals surface area contributed by atoms with Gasteiger partial charge in [0, 0.05) is 27.3 Å². The smallest absolute Gasteiger partial charge is 0.251 e. The summed E-state index contributed by atoms with van der Waals surface area (Å²) >= 11 is 2.18. The minimum absolute atomic E-state index is 0.00951. The third kappa shape index (κ3) is 5.35. The van der Waals surface area contributed by atoms with E-state index in [4.69, 9.17) is 0 Å². The van der Waals surface area contributed by atoms with E-state index in [1.54, 1.807) is 6.07 Å². The molecule has 0 atom stereocenters. The van der Waals surface area contributed by atoms with Crippen LogP contribution in [-0.2, 0) is 11.3 Å². The molecule has 0 aliphatic heterocycles. The van der Waals surface area contributed by atoms with Crippen molar-refractivity contribution in [1.29, 1.82) is 0 Å². The minimum atomic E-state index is -0.0966. The van der Waals surface area contributed by atoms with Crippen LogP contribution in [0.2, 0.25) is 0 Å². The van der Waals surface area contributed by atoms with Gasteiger partial charge in [-0.1, -0.05) is 32.0 Å². The summed E-state index contributed by atoms with van der Waals surface area (Å²) in [5.74, 6) is -0.159. The van der Waals surface area contributed by atoms with Crippen molar-refractivity contribution in [3.8, 4) is 0 Å². The van der Waals surface area contributed by atoms with Crippen LogP contribution in [0.3, 0.4) is 0 Å². The Balaban J connectivity index is 1.91. The van der Waals surface area contributed by atoms with Gasteiger partial charge in [0.15, 0.2) is 0 Å². The fourth-order valence-corrected chi connectivity index (χ4v) is 2.45. The maximum absolute atomic E-state index is 12.1. The molecule has 2 N–H and O–H groups in total. The third-order valence-corrected chi connectivity index (χ3v) is 3.96. The summed E-state index contributed by atoms with van der Waals surface area (Å²) in [6, 6.07) is 14.9. The quantitative estimate of drug-likeness (QED) is 0.720. The van der Waals surface area contributed by atoms with E-state index >= 15 is 0 Å². The van der Waals surface area contributed by atoms with E-state index in [0.29, 0.717) is 12.1 Å². The molecule has 0 aromatic heterocycles. The molecule has 0 radical (unpaired) electrons. The average molecular weight is 422 g/mol. The Bertz CT molecular complexity index is 696. The van der Waals surface area contributed by atoms with Crippen molar-refractivity contribution in [2.24, 2.45) is 5.92 Å². The summed E-state index contributed by atoms with van der Waals surface area (Å²) in [6.45, 7) is 4.15. The van der Waals surface area contributed by atoms with Gasteiger partial charge >= 0.3 is 0 Å². The molecule has 0 unspecified atom stereocenters. The second-order valence-corrected chi connectivity index (χ2v) is 6.78. The second kappa shape index (κ2) is 8.10. The molecule has 0 saturated carbocycles. The lowest BCUT2D eigenvalue weighted by molar-refractivity contribution is -0.118. The zero-order valence-electron chi connectivity index (χ0n) is 13.1. The van der Waals surface area contributed by atoms with Gasteiger partial charge < -0.3 is 10.6 Å². The molecule has 0 saturated heterocycles. The average Bonchev–Trinajstić information content (AvgIpc) is 2.53. The first kappa shape index (κ1) is 17.5. The highest BCUT2D eigenvalue weighted by molar-refractivity contribution is 14.1. The summed E-state index contributed by atoms with van der Waals surface area (Å²) in [4.78, 5) is 23.7. The molecule has 0 bridgehead atoms. The molecule has 2 aromatic carbocycles. The Labute approximate surface area is 149 Å². The number of carbonyl (C=O) groups is 2.